The zero-order valence-corrected chi connectivity index (χ0v) is 87.6. The molecule has 6 atom stereocenters. The number of nitrogens with zero attached hydrogens (tertiary/aromatic N) is 8. The van der Waals surface area contributed by atoms with E-state index in [1.807, 2.05) is 43.3 Å². The number of carbonyl (C=O) groups is 15. The number of imidazole rings is 1. The molecule has 776 valence electrons. The van der Waals surface area contributed by atoms with Gasteiger partial charge in [-0.3, -0.25) is 71.9 Å². The normalized spacial score (nSPS) is 22.5. The zero-order chi connectivity index (χ0) is 107. The number of sulfonamides is 2. The first kappa shape index (κ1) is 111. The molecule has 0 spiro atoms. The van der Waals surface area contributed by atoms with Gasteiger partial charge in [0.2, 0.25) is 61.4 Å². The number of amides is 13. The number of primary sulfonamides is 2. The molecule has 9 aromatic carbocycles. The van der Waals surface area contributed by atoms with E-state index in [1.165, 1.54) is 63.1 Å². The van der Waals surface area contributed by atoms with Crippen molar-refractivity contribution in [1.29, 1.82) is 0 Å². The molecule has 0 aliphatic carbocycles. The maximum atomic E-state index is 12.9. The molecule has 10 aromatic rings. The van der Waals surface area contributed by atoms with Crippen LogP contribution in [0, 0.1) is 31.6 Å². The predicted octanol–water partition coefficient (Wildman–Crippen LogP) is 7.06. The van der Waals surface area contributed by atoms with Crippen LogP contribution in [0.2, 0.25) is 25.1 Å². The Labute approximate surface area is 885 Å². The lowest BCUT2D eigenvalue weighted by molar-refractivity contribution is -0.920. The number of aryl methyl sites for hydroxylation is 1. The van der Waals surface area contributed by atoms with Gasteiger partial charge < -0.3 is 45.1 Å². The van der Waals surface area contributed by atoms with Crippen LogP contribution < -0.4 is 70.7 Å². The summed E-state index contributed by atoms with van der Waals surface area (Å²) in [5.74, 6) is -3.85. The van der Waals surface area contributed by atoms with Crippen LogP contribution in [-0.4, -0.2) is 198 Å². The van der Waals surface area contributed by atoms with Crippen molar-refractivity contribution in [3.8, 4) is 0 Å². The lowest BCUT2D eigenvalue weighted by Gasteiger charge is -2.31. The molecule has 148 heavy (non-hydrogen) atoms. The number of anilines is 7. The highest BCUT2D eigenvalue weighted by molar-refractivity contribution is 9.10. The summed E-state index contributed by atoms with van der Waals surface area (Å²) in [6.45, 7) is 10.4. The lowest BCUT2D eigenvalue weighted by Crippen LogP contribution is -3.17. The number of fused-ring (bicyclic) bond motifs is 1. The van der Waals surface area contributed by atoms with Crippen molar-refractivity contribution in [3.05, 3.63) is 259 Å². The molecular formula is C103H108BrCl5N16O21S2+4. The topological polar surface area (TPSA) is 500 Å². The van der Waals surface area contributed by atoms with Crippen LogP contribution in [0.15, 0.2) is 227 Å². The number of esters is 2. The number of primary amides is 1. The molecule has 0 unspecified atom stereocenters. The Hall–Kier alpha value is -12.9. The number of ether oxygens (including phenoxy) is 2. The quantitative estimate of drug-likeness (QED) is 0.0263. The largest absolute Gasteiger partial charge is 0.469 e. The number of para-hydroxylation sites is 2. The van der Waals surface area contributed by atoms with Crippen molar-refractivity contribution in [1.82, 2.24) is 9.55 Å². The van der Waals surface area contributed by atoms with E-state index in [1.54, 1.807) is 164 Å². The molecule has 19 rings (SSSR count). The third-order valence-electron chi connectivity index (χ3n) is 27.2. The molecule has 1 aromatic heterocycles. The average Bonchev–Trinajstić information content (AvgIpc) is 1.61. The second kappa shape index (κ2) is 48.6. The second-order valence-corrected chi connectivity index (χ2v) is 42.8. The average molecular weight is 2230 g/mol. The number of aromatic nitrogens is 2. The summed E-state index contributed by atoms with van der Waals surface area (Å²) in [5, 5.41) is 17.2. The molecule has 9 aliphatic rings. The summed E-state index contributed by atoms with van der Waals surface area (Å²) in [4.78, 5) is 200. The number of methoxy groups -OCH3 is 1. The van der Waals surface area contributed by atoms with Gasteiger partial charge in [-0.1, -0.05) is 141 Å². The minimum Gasteiger partial charge on any atom is -0.469 e. The second-order valence-electron chi connectivity index (χ2n) is 36.7. The molecule has 13 amide bonds. The Balaban J connectivity index is 0.000000140. The minimum atomic E-state index is -3.86. The Morgan fingerprint density at radius 3 is 1.42 bits per heavy atom. The summed E-state index contributed by atoms with van der Waals surface area (Å²) in [5.41, 5.74) is 12.8. The summed E-state index contributed by atoms with van der Waals surface area (Å²) in [6.07, 6.45) is 6.48. The van der Waals surface area contributed by atoms with Gasteiger partial charge in [-0.05, 0) is 171 Å². The smallest absolute Gasteiger partial charge is 0.309 e. The number of likely N-dealkylation sites (tertiary alicyclic amines) is 3. The van der Waals surface area contributed by atoms with Crippen molar-refractivity contribution in [2.45, 2.75) is 150 Å². The monoisotopic (exact) mass is 2220 g/mol. The first-order valence-corrected chi connectivity index (χ1v) is 53.3. The summed E-state index contributed by atoms with van der Waals surface area (Å²) < 4.78 is 57.8. The number of nitrogens with one attached hydrogen (secondary N) is 4. The van der Waals surface area contributed by atoms with Crippen LogP contribution in [0.25, 0.3) is 11.0 Å². The fraction of sp³-hybridized carbons (Fsp3) is 0.320. The fourth-order valence-electron chi connectivity index (χ4n) is 19.5. The van der Waals surface area contributed by atoms with Gasteiger partial charge in [-0.25, -0.2) is 61.5 Å². The molecule has 0 saturated carbocycles. The molecule has 9 fully saturated rings. The molecule has 9 saturated heterocycles. The number of halogens is 6. The van der Waals surface area contributed by atoms with E-state index in [2.05, 4.69) is 26.2 Å². The van der Waals surface area contributed by atoms with Gasteiger partial charge in [-0.2, -0.15) is 0 Å². The summed E-state index contributed by atoms with van der Waals surface area (Å²) in [7, 11) is -6.20. The summed E-state index contributed by atoms with van der Waals surface area (Å²) in [6, 6.07) is 53.8. The Morgan fingerprint density at radius 2 is 0.899 bits per heavy atom. The number of quaternary nitrogens is 4. The third-order valence-corrected chi connectivity index (χ3v) is 30.9. The van der Waals surface area contributed by atoms with E-state index in [-0.39, 0.29) is 167 Å². The maximum absolute atomic E-state index is 12.9. The molecule has 0 radical (unpaired) electrons. The number of nitrogens with two attached hydrogens (primary N) is 4. The predicted molar refractivity (Wildman–Crippen MR) is 554 cm³/mol. The number of carbonyl (C=O) groups excluding carboxylic acids is 15. The SMILES string of the molecule is CCOC(=O)C1CC[NH+]([C@H]2CC(=O)N(c3cccc(Br)c3)C2=O)CC1.COC(=O)C1CC[NH+]([C@H]2CC(=O)N(c3cccc(Cl)c3C)C2=O)CC1.Cc1ccc(Cl)cc1N1C(=O)C[C@H]([NH+]2CCC(C(N)=O)CC2)C1=O.NS(=O)(=O)c1ccc(C[NH2+][C@H]2CC(=O)N(c3cccc(Cl)c3)C2=O)cc1.NS(=O)(=O)c1cccc(N[C@H]2CC(=O)N(c3cccc(Cl)c3)C2=O)c1.O=C1C[C@H](n2cnc3ccccc32)C(=O)N1c1cccc(Cl)c1. The first-order valence-electron chi connectivity index (χ1n) is 47.6. The number of piperidine rings is 3. The molecule has 45 heteroatoms. The summed E-state index contributed by atoms with van der Waals surface area (Å²) >= 11 is 33.3. The standard InChI is InChI=1S/C18H21BrN2O4.C18H21ClN2O4.C17H16ClN3O4S.C17H20ClN3O3.C17H12ClN3O2.C16H14ClN3O4S/c1-2-25-18(24)12-6-8-20(9-7-12)15-11-16(22)21(17(15)23)14-5-3-4-13(19)10-14;1-11-13(19)4-3-5-14(11)21-16(22)10-15(17(21)23)20-8-6-12(7-9-20)18(24)25-2;18-12-2-1-3-13(8-12)21-16(22)9-15(17(21)23)20-10-11-4-6-14(7-5-11)26(19,24)25;1-10-2-3-12(18)8-13(10)21-15(22)9-14(17(21)24)20-6-4-11(5-7-20)16(19)23;18-11-4-3-5-12(8-11)21-16(22)9-15(17(21)23)20-10-19-13-6-1-2-7-14(13)20;17-10-3-1-5-12(7-10)20-15(21)9-14(16(20)22)19-11-4-2-6-13(8-11)25(18,23)24/h3-5,10,12,15H,2,6-9,11H2,1H3;3-5,12,15H,6-10H2,1-2H3;1-8,15,20H,9-10H2,(H2,19,24,25);2-3,8,11,14H,4-7,9H2,1H3,(H2,19,23);1-8,10,15H,9H2;1-8,14,19H,9H2,(H2,18,23,24)/p+4/t3*15-;14-;15-;14-/m000000/s1. The van der Waals surface area contributed by atoms with Crippen molar-refractivity contribution in [3.63, 3.8) is 0 Å². The molecule has 9 aliphatic heterocycles. The van der Waals surface area contributed by atoms with E-state index < -0.39 is 44.1 Å². The van der Waals surface area contributed by atoms with Crippen molar-refractivity contribution in [2.24, 2.45) is 33.8 Å². The van der Waals surface area contributed by atoms with Crippen LogP contribution in [-0.2, 0) is 108 Å². The Bertz CT molecular complexity index is 7090. The Morgan fingerprint density at radius 1 is 0.453 bits per heavy atom. The van der Waals surface area contributed by atoms with E-state index in [4.69, 9.17) is 83.5 Å². The van der Waals surface area contributed by atoms with E-state index in [0.717, 1.165) is 56.7 Å². The van der Waals surface area contributed by atoms with E-state index >= 15 is 0 Å². The Kier molecular flexibility index (Phi) is 36.4. The van der Waals surface area contributed by atoms with Crippen LogP contribution in [0.4, 0.5) is 39.8 Å². The van der Waals surface area contributed by atoms with Gasteiger partial charge in [0, 0.05) is 85.3 Å². The van der Waals surface area contributed by atoms with E-state index in [0.29, 0.717) is 156 Å². The number of rotatable bonds is 21. The third kappa shape index (κ3) is 26.1. The highest BCUT2D eigenvalue weighted by Crippen LogP contribution is 2.38. The van der Waals surface area contributed by atoms with Crippen LogP contribution >= 0.6 is 73.9 Å². The number of benzene rings is 9. The van der Waals surface area contributed by atoms with Crippen LogP contribution in [0.5, 0.6) is 0 Å². The van der Waals surface area contributed by atoms with Gasteiger partial charge in [0.05, 0.1) is 165 Å². The van der Waals surface area contributed by atoms with Gasteiger partial charge in [0.15, 0.2) is 24.2 Å². The zero-order valence-electron chi connectivity index (χ0n) is 80.6. The number of imide groups is 6. The molecule has 0 bridgehead atoms. The van der Waals surface area contributed by atoms with Crippen molar-refractivity contribution in [2.75, 3.05) is 87.7 Å². The first-order chi connectivity index (χ1) is 70.5. The van der Waals surface area contributed by atoms with E-state index in [9.17, 15) is 88.8 Å². The number of hydrogen-bond acceptors (Lipinski definition) is 23. The fourth-order valence-corrected chi connectivity index (χ4v) is 21.8. The highest BCUT2D eigenvalue weighted by Gasteiger charge is 2.52. The van der Waals surface area contributed by atoms with Crippen molar-refractivity contribution < 1.29 is 118 Å². The maximum Gasteiger partial charge on any atom is 0.309 e. The van der Waals surface area contributed by atoms with Gasteiger partial charge in [0.25, 0.3) is 35.4 Å². The molecular weight excluding hydrogens is 2120 g/mol. The van der Waals surface area contributed by atoms with Gasteiger partial charge in [0.1, 0.15) is 18.6 Å². The van der Waals surface area contributed by atoms with Gasteiger partial charge >= 0.3 is 11.9 Å². The van der Waals surface area contributed by atoms with Crippen LogP contribution in [0.3, 0.4) is 0 Å². The highest BCUT2D eigenvalue weighted by atomic mass is 79.9. The van der Waals surface area contributed by atoms with Crippen LogP contribution in [0.1, 0.15) is 107 Å². The van der Waals surface area contributed by atoms with Gasteiger partial charge in [-0.15, -0.1) is 0 Å². The molecule has 10 heterocycles. The minimum absolute atomic E-state index is 0.0282. The van der Waals surface area contributed by atoms with Crippen molar-refractivity contribution >= 4 is 234 Å². The molecule has 12 N–H and O–H groups in total. The lowest BCUT2D eigenvalue weighted by atomic mass is 9.95. The number of hydrogen-bond donors (Lipinski definition) is 8. The molecule has 37 nitrogen and oxygen atoms in total.